The van der Waals surface area contributed by atoms with Crippen LogP contribution in [0.2, 0.25) is 0 Å². The fourth-order valence-corrected chi connectivity index (χ4v) is 0. The molecule has 0 aromatic rings. The third-order valence-corrected chi connectivity index (χ3v) is 0. The summed E-state index contributed by atoms with van der Waals surface area (Å²) in [6.07, 6.45) is 0. The normalized spacial score (nSPS) is 9.67. The maximum atomic E-state index is 8.74. The first kappa shape index (κ1) is 9.92. The van der Waals surface area contributed by atoms with Gasteiger partial charge in [-0.2, -0.15) is 8.42 Å². The van der Waals surface area contributed by atoms with Gasteiger partial charge < -0.3 is 0 Å². The molecular weight excluding hydrogens is 303 g/mol. The summed E-state index contributed by atoms with van der Waals surface area (Å²) in [5.74, 6) is 0. The number of hydrogen-bond acceptors (Lipinski definition) is 2. The zero-order valence-electron chi connectivity index (χ0n) is 2.12. The van der Waals surface area contributed by atoms with E-state index in [1.165, 1.54) is 0 Å². The van der Waals surface area contributed by atoms with Crippen LogP contribution < -0.4 is 0 Å². The van der Waals surface area contributed by atoms with Crippen molar-refractivity contribution in [2.75, 3.05) is 0 Å². The molecule has 2 N–H and O–H groups in total. The molecule has 0 bridgehead atoms. The van der Waals surface area contributed by atoms with Gasteiger partial charge >= 0.3 is 37.7 Å². The van der Waals surface area contributed by atoms with E-state index in [9.17, 15) is 0 Å². The SMILES string of the molecule is O=S(=O)(O)O.[PbH4]. The molecule has 0 aromatic heterocycles. The quantitative estimate of drug-likeness (QED) is 0.397. The molecule has 0 fully saturated rings. The minimum absolute atomic E-state index is 0. The summed E-state index contributed by atoms with van der Waals surface area (Å²) in [7, 11) is -4.67. The molecule has 4 nitrogen and oxygen atoms in total. The summed E-state index contributed by atoms with van der Waals surface area (Å²) < 4.78 is 31.6. The van der Waals surface area contributed by atoms with Crippen molar-refractivity contribution in [3.63, 3.8) is 0 Å². The molecule has 40 valence electrons. The van der Waals surface area contributed by atoms with E-state index in [-0.39, 0.29) is 27.3 Å². The third kappa shape index (κ3) is 110. The van der Waals surface area contributed by atoms with E-state index in [2.05, 4.69) is 0 Å². The summed E-state index contributed by atoms with van der Waals surface area (Å²) in [5, 5.41) is 0. The van der Waals surface area contributed by atoms with Crippen LogP contribution in [0.1, 0.15) is 0 Å². The van der Waals surface area contributed by atoms with Crippen LogP contribution in [0.25, 0.3) is 0 Å². The summed E-state index contributed by atoms with van der Waals surface area (Å²) in [6.45, 7) is 0. The van der Waals surface area contributed by atoms with Gasteiger partial charge in [-0.1, -0.05) is 0 Å². The number of rotatable bonds is 0. The Morgan fingerprint density at radius 3 is 1.17 bits per heavy atom. The van der Waals surface area contributed by atoms with Crippen molar-refractivity contribution in [3.8, 4) is 0 Å². The van der Waals surface area contributed by atoms with Gasteiger partial charge in [-0.15, -0.1) is 0 Å². The molecule has 0 saturated carbocycles. The Morgan fingerprint density at radius 2 is 1.17 bits per heavy atom. The molecule has 0 aliphatic heterocycles. The molecule has 0 saturated heterocycles. The fourth-order valence-electron chi connectivity index (χ4n) is 0. The first-order valence-electron chi connectivity index (χ1n) is 0.698. The Hall–Kier alpha value is 0.792. The van der Waals surface area contributed by atoms with Crippen molar-refractivity contribution in [3.05, 3.63) is 0 Å². The van der Waals surface area contributed by atoms with E-state index < -0.39 is 10.4 Å². The summed E-state index contributed by atoms with van der Waals surface area (Å²) in [4.78, 5) is 0. The van der Waals surface area contributed by atoms with Gasteiger partial charge in [-0.05, 0) is 0 Å². The standard InChI is InChI=1S/H2O4S.Pb.4H/c1-5(2,3)4;;;;;/h(H2,1,2,3,4);;;;;. The van der Waals surface area contributed by atoms with E-state index in [0.717, 1.165) is 0 Å². The van der Waals surface area contributed by atoms with Crippen molar-refractivity contribution < 1.29 is 17.5 Å². The van der Waals surface area contributed by atoms with Crippen molar-refractivity contribution in [2.24, 2.45) is 0 Å². The zero-order chi connectivity index (χ0) is 4.50. The van der Waals surface area contributed by atoms with Crippen LogP contribution >= 0.6 is 0 Å². The van der Waals surface area contributed by atoms with Crippen LogP contribution in [0, 0.1) is 0 Å². The predicted octanol–water partition coefficient (Wildman–Crippen LogP) is -2.10. The molecule has 0 radical (unpaired) electrons. The van der Waals surface area contributed by atoms with Gasteiger partial charge in [0.05, 0.1) is 0 Å². The van der Waals surface area contributed by atoms with Crippen molar-refractivity contribution >= 4 is 37.7 Å². The monoisotopic (exact) mass is 310 g/mol. The topological polar surface area (TPSA) is 74.6 Å². The van der Waals surface area contributed by atoms with Crippen molar-refractivity contribution in [1.82, 2.24) is 0 Å². The Bertz CT molecular complexity index is 90.7. The van der Waals surface area contributed by atoms with Gasteiger partial charge in [0.1, 0.15) is 0 Å². The molecule has 0 atom stereocenters. The molecule has 0 rings (SSSR count). The van der Waals surface area contributed by atoms with E-state index in [4.69, 9.17) is 17.5 Å². The Morgan fingerprint density at radius 1 is 1.17 bits per heavy atom. The minimum atomic E-state index is -4.67. The number of hydrogen-bond donors (Lipinski definition) is 2. The zero-order valence-corrected chi connectivity index (χ0v) is 2.94. The molecule has 0 amide bonds. The molecule has 0 aliphatic rings. The molecule has 0 spiro atoms. The molecule has 6 heteroatoms. The van der Waals surface area contributed by atoms with Gasteiger partial charge in [-0.3, -0.25) is 9.11 Å². The average molecular weight is 309 g/mol. The Balaban J connectivity index is 0. The van der Waals surface area contributed by atoms with Crippen LogP contribution in [0.4, 0.5) is 0 Å². The first-order valence-corrected chi connectivity index (χ1v) is 2.10. The second kappa shape index (κ2) is 2.88. The van der Waals surface area contributed by atoms with E-state index in [0.29, 0.717) is 0 Å². The molecular formula is H6O4PbS. The van der Waals surface area contributed by atoms with Crippen LogP contribution in [0.5, 0.6) is 0 Å². The van der Waals surface area contributed by atoms with Gasteiger partial charge in [0.2, 0.25) is 0 Å². The first-order chi connectivity index (χ1) is 2.00. The third-order valence-electron chi connectivity index (χ3n) is 0. The molecule has 6 heavy (non-hydrogen) atoms. The van der Waals surface area contributed by atoms with Gasteiger partial charge in [0.25, 0.3) is 0 Å². The van der Waals surface area contributed by atoms with Gasteiger partial charge in [0.15, 0.2) is 0 Å². The summed E-state index contributed by atoms with van der Waals surface area (Å²) >= 11 is 0. The molecule has 0 aromatic carbocycles. The molecule has 0 heterocycles. The second-order valence-electron chi connectivity index (χ2n) is 0.448. The Kier molecular flexibility index (Phi) is 4.77. The van der Waals surface area contributed by atoms with E-state index in [1.807, 2.05) is 0 Å². The van der Waals surface area contributed by atoms with E-state index in [1.54, 1.807) is 0 Å². The molecule has 0 unspecified atom stereocenters. The molecule has 0 aliphatic carbocycles. The maximum absolute atomic E-state index is 8.74. The van der Waals surface area contributed by atoms with E-state index >= 15 is 0 Å². The summed E-state index contributed by atoms with van der Waals surface area (Å²) in [5.41, 5.74) is 0. The van der Waals surface area contributed by atoms with Gasteiger partial charge in [0, 0.05) is 0 Å². The second-order valence-corrected chi connectivity index (χ2v) is 1.34. The Labute approximate surface area is 55.3 Å². The van der Waals surface area contributed by atoms with Crippen LogP contribution in [-0.2, 0) is 10.4 Å². The van der Waals surface area contributed by atoms with Crippen LogP contribution in [0.3, 0.4) is 0 Å². The average Bonchev–Trinajstić information content (AvgIpc) is 0.722. The van der Waals surface area contributed by atoms with Crippen LogP contribution in [0.15, 0.2) is 0 Å². The van der Waals surface area contributed by atoms with Crippen LogP contribution in [-0.4, -0.2) is 44.8 Å². The van der Waals surface area contributed by atoms with Gasteiger partial charge in [-0.25, -0.2) is 0 Å². The van der Waals surface area contributed by atoms with Crippen molar-refractivity contribution in [1.29, 1.82) is 0 Å². The summed E-state index contributed by atoms with van der Waals surface area (Å²) in [6, 6.07) is 0. The fraction of sp³-hybridized carbons (Fsp3) is 0. The predicted molar refractivity (Wildman–Crippen MR) is 25.5 cm³/mol. The van der Waals surface area contributed by atoms with Crippen molar-refractivity contribution in [2.45, 2.75) is 0 Å².